The maximum absolute atomic E-state index is 15.3. The minimum atomic E-state index is -4.85. The second-order valence-electron chi connectivity index (χ2n) is 34.7. The molecule has 3 N–H and O–H groups in total. The van der Waals surface area contributed by atoms with E-state index in [-0.39, 0.29) is 85.6 Å². The molecule has 43 heteroatoms. The molecule has 12 aromatic rings. The summed E-state index contributed by atoms with van der Waals surface area (Å²) in [6, 6.07) is 16.9. The highest BCUT2D eigenvalue weighted by Crippen LogP contribution is 2.43. The van der Waals surface area contributed by atoms with Gasteiger partial charge in [0.1, 0.15) is 81.8 Å². The Hall–Kier alpha value is -14.3. The molecule has 6 aromatic carbocycles. The quantitative estimate of drug-likeness (QED) is 0.0342. The number of pyridine rings is 4. The Morgan fingerprint density at radius 3 is 1.27 bits per heavy atom. The lowest BCUT2D eigenvalue weighted by molar-refractivity contribution is -0.167. The summed E-state index contributed by atoms with van der Waals surface area (Å²) in [7, 11) is 6.67. The fourth-order valence-electron chi connectivity index (χ4n) is 18.5. The fourth-order valence-corrected chi connectivity index (χ4v) is 18.5. The number of fused-ring (bicyclic) bond motifs is 8. The Morgan fingerprint density at radius 2 is 0.880 bits per heavy atom. The van der Waals surface area contributed by atoms with Crippen molar-refractivity contribution in [3.8, 4) is 33.9 Å². The Bertz CT molecular complexity index is 6900. The maximum Gasteiger partial charge on any atom is 0.417 e. The first kappa shape index (κ1) is 101. The second kappa shape index (κ2) is 41.8. The molecule has 12 heterocycles. The summed E-state index contributed by atoms with van der Waals surface area (Å²) >= 11 is 0. The predicted octanol–water partition coefficient (Wildman–Crippen LogP) is 14.1. The Balaban J connectivity index is 0.000000153. The standard InChI is InChI=1S/C34H31F5N4O5.C33H31F5N6O4.C32H28F5N5O4/c1-17-11-24(34(37,38)39)28(32(45)42(17)2)23-9-6-18(22-5-4-10-40-30(22)23)12-27(33(46)47-3)41-31(44)29-25(35)13-20(14-26(29)36)43-15-21-8-7-19(43)16-48-21;1-43-9-7-25-19(16-43)15-40-30(41-25)22-6-5-18(21-4-3-8-39-29(21)22)12-26(32(46)47-2)42-31(45)28-23(34)13-20(14-24(28)35)44-10-11-48-17-27(44)33(36,37)38;1-45-31(44)25(41-30(43)27-22(33)13-19(14-23(27)34)42-10-11-46-16-26(42)32(35,36)37)12-17-7-8-21(28-20(17)5-3-9-38-28)29-39-15-18-4-2-6-24(18)40-29/h4-6,9-11,13-14,19,21,27H,7-8,12,15-16H2,1-3H3,(H,41,44);3-6,8,13-15,26-27H,7,9-12,16-17H2,1-2H3,(H,42,45);3,5,7-9,13-15,25-26H,2,4,6,10-12,16H2,1H3,(H,41,43)/t19?,21?,27-;26-,27+;25-,26?/m000/s1. The molecule has 3 unspecified atom stereocenters. The average Bonchev–Trinajstić information content (AvgIpc) is 0.851. The molecule has 5 fully saturated rings. The van der Waals surface area contributed by atoms with Crippen LogP contribution in [-0.4, -0.2) is 222 Å². The zero-order valence-electron chi connectivity index (χ0n) is 76.7. The lowest BCUT2D eigenvalue weighted by atomic mass is 9.93. The largest absolute Gasteiger partial charge is 0.467 e. The van der Waals surface area contributed by atoms with Crippen molar-refractivity contribution in [1.29, 1.82) is 0 Å². The van der Waals surface area contributed by atoms with Gasteiger partial charge >= 0.3 is 36.4 Å². The molecule has 3 amide bonds. The molecule has 19 rings (SSSR count). The second-order valence-corrected chi connectivity index (χ2v) is 34.7. The first-order valence-electron chi connectivity index (χ1n) is 44.9. The van der Waals surface area contributed by atoms with Crippen LogP contribution in [0.5, 0.6) is 0 Å². The Labute approximate surface area is 799 Å². The lowest BCUT2D eigenvalue weighted by Crippen LogP contribution is -2.54. The summed E-state index contributed by atoms with van der Waals surface area (Å²) in [6.45, 7) is 1.80. The molecule has 7 atom stereocenters. The van der Waals surface area contributed by atoms with Crippen LogP contribution in [0.3, 0.4) is 0 Å². The van der Waals surface area contributed by atoms with Gasteiger partial charge in [-0.05, 0) is 141 Å². The summed E-state index contributed by atoms with van der Waals surface area (Å²) < 4.78 is 247. The van der Waals surface area contributed by atoms with Crippen LogP contribution in [0, 0.1) is 41.8 Å². The van der Waals surface area contributed by atoms with Crippen molar-refractivity contribution in [3.63, 3.8) is 0 Å². The highest BCUT2D eigenvalue weighted by atomic mass is 19.4. The van der Waals surface area contributed by atoms with Crippen molar-refractivity contribution < 1.29 is 123 Å². The number of carbonyl (C=O) groups is 6. The van der Waals surface area contributed by atoms with E-state index in [1.807, 2.05) is 18.1 Å². The molecule has 7 aliphatic rings. The number of benzene rings is 6. The summed E-state index contributed by atoms with van der Waals surface area (Å²) in [5, 5.41) is 8.58. The molecule has 142 heavy (non-hydrogen) atoms. The molecule has 0 spiro atoms. The van der Waals surface area contributed by atoms with Gasteiger partial charge in [-0.15, -0.1) is 0 Å². The van der Waals surface area contributed by atoms with E-state index < -0.39 is 177 Å². The van der Waals surface area contributed by atoms with Crippen LogP contribution >= 0.6 is 0 Å². The molecule has 6 aliphatic heterocycles. The van der Waals surface area contributed by atoms with Gasteiger partial charge in [-0.2, -0.15) is 39.5 Å². The lowest BCUT2D eigenvalue weighted by Gasteiger charge is -2.46. The number of amides is 3. The van der Waals surface area contributed by atoms with Gasteiger partial charge < -0.3 is 68.5 Å². The number of carbonyl (C=O) groups excluding carboxylic acids is 6. The van der Waals surface area contributed by atoms with E-state index in [0.29, 0.717) is 98.7 Å². The first-order chi connectivity index (χ1) is 67.8. The molecular weight excluding hydrogens is 1890 g/mol. The van der Waals surface area contributed by atoms with E-state index in [1.165, 1.54) is 38.4 Å². The molecular formula is C99H90F15N15O13. The summed E-state index contributed by atoms with van der Waals surface area (Å²) in [4.78, 5) is 129. The van der Waals surface area contributed by atoms with Crippen molar-refractivity contribution in [2.45, 2.75) is 132 Å². The monoisotopic (exact) mass is 1980 g/mol. The molecule has 6 aromatic heterocycles. The number of anilines is 3. The van der Waals surface area contributed by atoms with Gasteiger partial charge in [0.15, 0.2) is 11.6 Å². The van der Waals surface area contributed by atoms with Gasteiger partial charge in [0, 0.05) is 163 Å². The third-order valence-corrected chi connectivity index (χ3v) is 25.8. The number of alkyl halides is 9. The molecule has 744 valence electrons. The van der Waals surface area contributed by atoms with Gasteiger partial charge in [-0.25, -0.2) is 60.7 Å². The summed E-state index contributed by atoms with van der Waals surface area (Å²) in [6.07, 6.45) is -1.47. The number of nitrogens with zero attached hydrogens (tertiary/aromatic N) is 12. The number of rotatable bonds is 21. The van der Waals surface area contributed by atoms with Crippen molar-refractivity contribution in [2.24, 2.45) is 7.05 Å². The minimum absolute atomic E-state index is 0.0399. The van der Waals surface area contributed by atoms with Gasteiger partial charge in [0.2, 0.25) is 0 Å². The first-order valence-corrected chi connectivity index (χ1v) is 44.9. The van der Waals surface area contributed by atoms with Gasteiger partial charge in [-0.3, -0.25) is 34.1 Å². The number of esters is 3. The number of aryl methyl sites for hydroxylation is 3. The van der Waals surface area contributed by atoms with E-state index in [4.69, 9.17) is 38.4 Å². The SMILES string of the molecule is COC(=O)[C@H](Cc1ccc(-c2c(C(F)(F)F)cc(C)n(C)c2=O)c2ncccc12)NC(=O)c1c(F)cc(N2CC3CCC2CO3)cc1F.COC(=O)[C@H](Cc1ccc(-c2ncc3c(n2)CCC3)c2ncccc12)NC(=O)c1c(F)cc(N2CCOCC2C(F)(F)F)cc1F.COC(=O)[C@H](Cc1ccc(-c2ncc3c(n2)CCN(C)C3)c2ncccc12)NC(=O)c1c(F)cc(N2CCOC[C@@H]2C(F)(F)F)cc1F. The number of aromatic nitrogens is 8. The highest BCUT2D eigenvalue weighted by molar-refractivity contribution is 6.02. The molecule has 1 aliphatic carbocycles. The van der Waals surface area contributed by atoms with Crippen LogP contribution in [-0.2, 0) is 101 Å². The third kappa shape index (κ3) is 21.3. The van der Waals surface area contributed by atoms with Crippen LogP contribution in [0.4, 0.5) is 82.9 Å². The van der Waals surface area contributed by atoms with E-state index in [9.17, 15) is 73.1 Å². The summed E-state index contributed by atoms with van der Waals surface area (Å²) in [5.41, 5.74) is 1.99. The number of ether oxygens (including phenoxy) is 6. The maximum atomic E-state index is 15.3. The number of likely N-dealkylation sites (N-methyl/N-ethyl adjacent to an activating group) is 1. The number of nitrogens with one attached hydrogen (secondary N) is 3. The van der Waals surface area contributed by atoms with E-state index >= 15 is 26.3 Å². The number of methoxy groups -OCH3 is 3. The summed E-state index contributed by atoms with van der Waals surface area (Å²) in [5.74, 6) is -13.3. The van der Waals surface area contributed by atoms with Crippen LogP contribution in [0.1, 0.15) is 101 Å². The highest BCUT2D eigenvalue weighted by Gasteiger charge is 2.49. The zero-order valence-corrected chi connectivity index (χ0v) is 76.7. The van der Waals surface area contributed by atoms with Crippen molar-refractivity contribution in [2.75, 3.05) is 102 Å². The molecule has 0 saturated carbocycles. The smallest absolute Gasteiger partial charge is 0.417 e. The molecule has 0 radical (unpaired) electrons. The fraction of sp³-hybridized carbons (Fsp3) is 0.354. The number of halogens is 15. The molecule has 2 bridgehead atoms. The predicted molar refractivity (Wildman–Crippen MR) is 486 cm³/mol. The van der Waals surface area contributed by atoms with E-state index in [2.05, 4.69) is 45.8 Å². The van der Waals surface area contributed by atoms with Crippen LogP contribution in [0.2, 0.25) is 0 Å². The van der Waals surface area contributed by atoms with Crippen molar-refractivity contribution in [3.05, 3.63) is 259 Å². The van der Waals surface area contributed by atoms with Crippen LogP contribution in [0.15, 0.2) is 151 Å². The average molecular weight is 1980 g/mol. The third-order valence-electron chi connectivity index (χ3n) is 25.8. The van der Waals surface area contributed by atoms with Gasteiger partial charge in [-0.1, -0.05) is 42.5 Å². The van der Waals surface area contributed by atoms with Crippen molar-refractivity contribution in [1.82, 2.24) is 60.3 Å². The topological polar surface area (TPSA) is 319 Å². The van der Waals surface area contributed by atoms with E-state index in [1.54, 1.807) is 73.2 Å². The minimum Gasteiger partial charge on any atom is -0.467 e. The number of morpholine rings is 3. The van der Waals surface area contributed by atoms with Crippen molar-refractivity contribution >= 4 is 85.4 Å². The van der Waals surface area contributed by atoms with Gasteiger partial charge in [0.05, 0.1) is 99.9 Å². The number of hydrogen-bond acceptors (Lipinski definition) is 24. The van der Waals surface area contributed by atoms with Crippen LogP contribution < -0.4 is 36.2 Å². The molecule has 28 nitrogen and oxygen atoms in total. The normalized spacial score (nSPS) is 17.6. The Morgan fingerprint density at radius 1 is 0.479 bits per heavy atom. The zero-order chi connectivity index (χ0) is 101. The van der Waals surface area contributed by atoms with E-state index in [0.717, 1.165) is 128 Å². The number of hydrogen-bond donors (Lipinski definition) is 3. The van der Waals surface area contributed by atoms with Crippen LogP contribution in [0.25, 0.3) is 66.6 Å². The van der Waals surface area contributed by atoms with Gasteiger partial charge in [0.25, 0.3) is 23.3 Å². The molecule has 5 saturated heterocycles. The Kier molecular flexibility index (Phi) is 29.7. The number of piperidine rings is 1.